The van der Waals surface area contributed by atoms with Crippen LogP contribution < -0.4 is 0 Å². The van der Waals surface area contributed by atoms with Gasteiger partial charge in [-0.25, -0.2) is 8.42 Å². The second kappa shape index (κ2) is 6.76. The maximum absolute atomic E-state index is 13.3. The second-order valence-corrected chi connectivity index (χ2v) is 11.9. The van der Waals surface area contributed by atoms with E-state index in [1.165, 1.54) is 22.5 Å². The molecule has 2 aromatic rings. The van der Waals surface area contributed by atoms with Crippen LogP contribution >= 0.6 is 39.0 Å². The van der Waals surface area contributed by atoms with Crippen LogP contribution in [0.2, 0.25) is 0 Å². The normalized spacial score (nSPS) is 24.9. The van der Waals surface area contributed by atoms with Gasteiger partial charge in [0.05, 0.1) is 9.83 Å². The first kappa shape index (κ1) is 17.1. The van der Waals surface area contributed by atoms with Crippen molar-refractivity contribution in [2.75, 3.05) is 18.1 Å². The molecule has 3 heterocycles. The average molecular weight is 444 g/mol. The van der Waals surface area contributed by atoms with Gasteiger partial charge in [-0.3, -0.25) is 0 Å². The molecule has 1 fully saturated rings. The number of nitrogens with zero attached hydrogens (tertiary/aromatic N) is 1. The highest BCUT2D eigenvalue weighted by molar-refractivity contribution is 9.11. The highest BCUT2D eigenvalue weighted by Gasteiger charge is 2.41. The number of fused-ring (bicyclic) bond motifs is 1. The molecule has 7 heteroatoms. The maximum Gasteiger partial charge on any atom is 0.253 e. The number of thiophene rings is 1. The van der Waals surface area contributed by atoms with Crippen LogP contribution in [0.25, 0.3) is 0 Å². The molecule has 2 unspecified atom stereocenters. The molecule has 0 N–H and O–H groups in total. The first-order chi connectivity index (χ1) is 11.6. The number of rotatable bonds is 3. The first-order valence-electron chi connectivity index (χ1n) is 8.00. The molecule has 0 aliphatic carbocycles. The Hall–Kier alpha value is -0.340. The van der Waals surface area contributed by atoms with Crippen LogP contribution in [0.4, 0.5) is 0 Å². The van der Waals surface area contributed by atoms with Gasteiger partial charge in [0.15, 0.2) is 0 Å². The van der Waals surface area contributed by atoms with E-state index in [-0.39, 0.29) is 6.04 Å². The summed E-state index contributed by atoms with van der Waals surface area (Å²) in [5.41, 5.74) is 2.51. The molecule has 0 amide bonds. The van der Waals surface area contributed by atoms with Gasteiger partial charge in [0, 0.05) is 6.54 Å². The van der Waals surface area contributed by atoms with Gasteiger partial charge < -0.3 is 0 Å². The molecular weight excluding hydrogens is 426 g/mol. The number of halogens is 1. The highest BCUT2D eigenvalue weighted by Crippen LogP contribution is 2.44. The molecule has 4 rings (SSSR count). The van der Waals surface area contributed by atoms with E-state index in [1.807, 2.05) is 23.9 Å². The zero-order chi connectivity index (χ0) is 16.7. The summed E-state index contributed by atoms with van der Waals surface area (Å²) in [5.74, 6) is 2.57. The molecule has 128 valence electrons. The van der Waals surface area contributed by atoms with Crippen LogP contribution in [0.5, 0.6) is 0 Å². The Bertz CT molecular complexity index is 843. The van der Waals surface area contributed by atoms with Crippen molar-refractivity contribution in [2.45, 2.75) is 23.1 Å². The van der Waals surface area contributed by atoms with E-state index in [1.54, 1.807) is 10.4 Å². The number of benzene rings is 1. The van der Waals surface area contributed by atoms with E-state index < -0.39 is 10.0 Å². The summed E-state index contributed by atoms with van der Waals surface area (Å²) in [6.45, 7) is 0.570. The van der Waals surface area contributed by atoms with Crippen LogP contribution in [-0.2, 0) is 16.4 Å². The molecule has 0 spiro atoms. The van der Waals surface area contributed by atoms with Gasteiger partial charge in [-0.05, 0) is 69.5 Å². The quantitative estimate of drug-likeness (QED) is 0.697. The molecule has 0 saturated carbocycles. The third kappa shape index (κ3) is 2.98. The number of hydrogen-bond donors (Lipinski definition) is 0. The Morgan fingerprint density at radius 2 is 2.00 bits per heavy atom. The average Bonchev–Trinajstić information content (AvgIpc) is 3.25. The van der Waals surface area contributed by atoms with Crippen LogP contribution in [0.3, 0.4) is 0 Å². The van der Waals surface area contributed by atoms with Crippen LogP contribution in [0.15, 0.2) is 44.4 Å². The highest BCUT2D eigenvalue weighted by atomic mass is 79.9. The molecule has 2 aliphatic heterocycles. The van der Waals surface area contributed by atoms with Crippen LogP contribution in [-0.4, -0.2) is 30.8 Å². The summed E-state index contributed by atoms with van der Waals surface area (Å²) in [6, 6.07) is 11.9. The molecular formula is C17H18BrNO2S3. The first-order valence-corrected chi connectivity index (χ1v) is 12.2. The lowest BCUT2D eigenvalue weighted by Gasteiger charge is -2.39. The molecule has 2 atom stereocenters. The fourth-order valence-electron chi connectivity index (χ4n) is 3.69. The molecule has 1 aromatic heterocycles. The van der Waals surface area contributed by atoms with Gasteiger partial charge in [0.25, 0.3) is 10.0 Å². The molecule has 24 heavy (non-hydrogen) atoms. The lowest BCUT2D eigenvalue weighted by atomic mass is 9.86. The van der Waals surface area contributed by atoms with Crippen molar-refractivity contribution in [1.82, 2.24) is 4.31 Å². The predicted octanol–water partition coefficient (Wildman–Crippen LogP) is 4.55. The van der Waals surface area contributed by atoms with E-state index in [2.05, 4.69) is 34.1 Å². The van der Waals surface area contributed by atoms with Gasteiger partial charge in [0.1, 0.15) is 4.21 Å². The smallest absolute Gasteiger partial charge is 0.206 e. The lowest BCUT2D eigenvalue weighted by molar-refractivity contribution is 0.240. The Labute approximate surface area is 159 Å². The molecule has 0 radical (unpaired) electrons. The Morgan fingerprint density at radius 1 is 1.17 bits per heavy atom. The fourth-order valence-corrected chi connectivity index (χ4v) is 8.78. The summed E-state index contributed by atoms with van der Waals surface area (Å²) in [4.78, 5) is 0. The van der Waals surface area contributed by atoms with Crippen LogP contribution in [0, 0.1) is 5.92 Å². The van der Waals surface area contributed by atoms with E-state index in [4.69, 9.17) is 0 Å². The Balaban J connectivity index is 1.79. The van der Waals surface area contributed by atoms with Gasteiger partial charge >= 0.3 is 0 Å². The summed E-state index contributed by atoms with van der Waals surface area (Å²) in [5, 5.41) is 0. The van der Waals surface area contributed by atoms with Crippen molar-refractivity contribution < 1.29 is 8.42 Å². The van der Waals surface area contributed by atoms with Gasteiger partial charge in [-0.15, -0.1) is 11.3 Å². The minimum Gasteiger partial charge on any atom is -0.206 e. The lowest BCUT2D eigenvalue weighted by Crippen LogP contribution is -2.43. The van der Waals surface area contributed by atoms with Crippen molar-refractivity contribution in [3.05, 3.63) is 51.3 Å². The molecule has 1 saturated heterocycles. The van der Waals surface area contributed by atoms with Crippen molar-refractivity contribution >= 4 is 49.1 Å². The van der Waals surface area contributed by atoms with Crippen molar-refractivity contribution in [3.63, 3.8) is 0 Å². The van der Waals surface area contributed by atoms with Gasteiger partial charge in [-0.1, -0.05) is 24.3 Å². The Kier molecular flexibility index (Phi) is 4.81. The molecule has 1 aromatic carbocycles. The third-order valence-corrected chi connectivity index (χ3v) is 9.97. The predicted molar refractivity (Wildman–Crippen MR) is 104 cm³/mol. The second-order valence-electron chi connectivity index (χ2n) is 6.19. The van der Waals surface area contributed by atoms with Crippen molar-refractivity contribution in [2.24, 2.45) is 5.92 Å². The summed E-state index contributed by atoms with van der Waals surface area (Å²) >= 11 is 6.62. The summed E-state index contributed by atoms with van der Waals surface area (Å²) < 4.78 is 29.6. The van der Waals surface area contributed by atoms with Crippen molar-refractivity contribution in [1.29, 1.82) is 0 Å². The zero-order valence-corrected chi connectivity index (χ0v) is 17.1. The number of thioether (sulfide) groups is 1. The molecule has 0 bridgehead atoms. The third-order valence-electron chi connectivity index (χ3n) is 4.81. The summed E-state index contributed by atoms with van der Waals surface area (Å²) in [6.07, 6.45) is 1.88. The Morgan fingerprint density at radius 3 is 2.71 bits per heavy atom. The van der Waals surface area contributed by atoms with Gasteiger partial charge in [0.2, 0.25) is 0 Å². The SMILES string of the molecule is O=S(=O)(c1ccc(Br)s1)N1CCc2ccccc2C1C1CCSC1. The number of hydrogen-bond acceptors (Lipinski definition) is 4. The monoisotopic (exact) mass is 443 g/mol. The fraction of sp³-hybridized carbons (Fsp3) is 0.412. The largest absolute Gasteiger partial charge is 0.253 e. The maximum atomic E-state index is 13.3. The van der Waals surface area contributed by atoms with Crippen LogP contribution in [0.1, 0.15) is 23.6 Å². The van der Waals surface area contributed by atoms with E-state index in [9.17, 15) is 8.42 Å². The van der Waals surface area contributed by atoms with E-state index in [0.717, 1.165) is 28.1 Å². The minimum absolute atomic E-state index is 0.0316. The molecule has 3 nitrogen and oxygen atoms in total. The summed E-state index contributed by atoms with van der Waals surface area (Å²) in [7, 11) is -3.46. The zero-order valence-electron chi connectivity index (χ0n) is 13.0. The number of sulfonamides is 1. The van der Waals surface area contributed by atoms with E-state index >= 15 is 0 Å². The topological polar surface area (TPSA) is 37.4 Å². The van der Waals surface area contributed by atoms with Crippen molar-refractivity contribution in [3.8, 4) is 0 Å². The molecule has 2 aliphatic rings. The van der Waals surface area contributed by atoms with E-state index in [0.29, 0.717) is 16.7 Å². The standard InChI is InChI=1S/C17H18BrNO2S3/c18-15-5-6-16(23-15)24(20,21)19-9-7-12-3-1-2-4-14(12)17(19)13-8-10-22-11-13/h1-6,13,17H,7-11H2. The van der Waals surface area contributed by atoms with Gasteiger partial charge in [-0.2, -0.15) is 16.1 Å². The minimum atomic E-state index is -3.46.